The van der Waals surface area contributed by atoms with Gasteiger partial charge in [0.2, 0.25) is 5.91 Å². The number of likely N-dealkylation sites (tertiary alicyclic amines) is 1. The van der Waals surface area contributed by atoms with Crippen molar-refractivity contribution in [2.75, 3.05) is 6.54 Å². The van der Waals surface area contributed by atoms with Crippen molar-refractivity contribution >= 4 is 12.0 Å². The lowest BCUT2D eigenvalue weighted by Gasteiger charge is -2.34. The number of piperidine rings is 1. The molecule has 16 heavy (non-hydrogen) atoms. The molecule has 92 valence electrons. The maximum absolute atomic E-state index is 11.9. The van der Waals surface area contributed by atoms with Crippen LogP contribution < -0.4 is 5.32 Å². The SMILES string of the molecule is CC(C)(C)NC(=O)C1CCCCN1C(=O)O. The molecule has 0 saturated carbocycles. The number of hydrogen-bond acceptors (Lipinski definition) is 2. The Morgan fingerprint density at radius 2 is 1.94 bits per heavy atom. The second-order valence-corrected chi connectivity index (χ2v) is 5.23. The normalized spacial score (nSPS) is 21.7. The number of amides is 2. The van der Waals surface area contributed by atoms with Gasteiger partial charge in [0.25, 0.3) is 0 Å². The summed E-state index contributed by atoms with van der Waals surface area (Å²) in [6.07, 6.45) is 1.36. The number of rotatable bonds is 1. The van der Waals surface area contributed by atoms with Gasteiger partial charge in [-0.3, -0.25) is 9.69 Å². The summed E-state index contributed by atoms with van der Waals surface area (Å²) in [5, 5.41) is 11.8. The van der Waals surface area contributed by atoms with Gasteiger partial charge < -0.3 is 10.4 Å². The van der Waals surface area contributed by atoms with Crippen LogP contribution in [0.15, 0.2) is 0 Å². The molecule has 0 spiro atoms. The summed E-state index contributed by atoms with van der Waals surface area (Å²) >= 11 is 0. The topological polar surface area (TPSA) is 69.6 Å². The minimum absolute atomic E-state index is 0.186. The number of nitrogens with one attached hydrogen (secondary N) is 1. The minimum Gasteiger partial charge on any atom is -0.465 e. The second kappa shape index (κ2) is 4.72. The number of carbonyl (C=O) groups excluding carboxylic acids is 1. The Morgan fingerprint density at radius 1 is 1.31 bits per heavy atom. The smallest absolute Gasteiger partial charge is 0.407 e. The van der Waals surface area contributed by atoms with Crippen molar-refractivity contribution in [3.63, 3.8) is 0 Å². The summed E-state index contributed by atoms with van der Waals surface area (Å²) in [6.45, 7) is 6.12. The van der Waals surface area contributed by atoms with Crippen molar-refractivity contribution in [2.24, 2.45) is 0 Å². The van der Waals surface area contributed by atoms with Gasteiger partial charge in [-0.1, -0.05) is 0 Å². The number of nitrogens with zero attached hydrogens (tertiary/aromatic N) is 1. The van der Waals surface area contributed by atoms with Crippen LogP contribution >= 0.6 is 0 Å². The molecule has 5 heteroatoms. The molecule has 1 rings (SSSR count). The third-order valence-electron chi connectivity index (χ3n) is 2.55. The van der Waals surface area contributed by atoms with Crippen LogP contribution in [0.4, 0.5) is 4.79 Å². The molecular weight excluding hydrogens is 208 g/mol. The molecule has 2 amide bonds. The summed E-state index contributed by atoms with van der Waals surface area (Å²) in [7, 11) is 0. The highest BCUT2D eigenvalue weighted by molar-refractivity contribution is 5.85. The first-order valence-electron chi connectivity index (χ1n) is 5.63. The van der Waals surface area contributed by atoms with Gasteiger partial charge in [-0.2, -0.15) is 0 Å². The molecule has 1 unspecified atom stereocenters. The third-order valence-corrected chi connectivity index (χ3v) is 2.55. The van der Waals surface area contributed by atoms with Crippen LogP contribution in [0.3, 0.4) is 0 Å². The number of carbonyl (C=O) groups is 2. The zero-order valence-electron chi connectivity index (χ0n) is 10.1. The fraction of sp³-hybridized carbons (Fsp3) is 0.818. The molecule has 0 aliphatic carbocycles. The average Bonchev–Trinajstić information content (AvgIpc) is 2.15. The first kappa shape index (κ1) is 12.8. The van der Waals surface area contributed by atoms with E-state index in [1.165, 1.54) is 4.90 Å². The molecule has 0 radical (unpaired) electrons. The van der Waals surface area contributed by atoms with Crippen LogP contribution in [0.2, 0.25) is 0 Å². The lowest BCUT2D eigenvalue weighted by Crippen LogP contribution is -2.55. The fourth-order valence-corrected chi connectivity index (χ4v) is 1.89. The first-order valence-corrected chi connectivity index (χ1v) is 5.63. The van der Waals surface area contributed by atoms with Crippen LogP contribution in [0.1, 0.15) is 40.0 Å². The number of hydrogen-bond donors (Lipinski definition) is 2. The van der Waals surface area contributed by atoms with Crippen molar-refractivity contribution in [1.82, 2.24) is 10.2 Å². The highest BCUT2D eigenvalue weighted by Crippen LogP contribution is 2.18. The van der Waals surface area contributed by atoms with E-state index < -0.39 is 12.1 Å². The average molecular weight is 228 g/mol. The van der Waals surface area contributed by atoms with Crippen LogP contribution in [-0.2, 0) is 4.79 Å². The largest absolute Gasteiger partial charge is 0.465 e. The van der Waals surface area contributed by atoms with Gasteiger partial charge in [0.15, 0.2) is 0 Å². The van der Waals surface area contributed by atoms with Crippen LogP contribution in [0.5, 0.6) is 0 Å². The minimum atomic E-state index is -1.01. The van der Waals surface area contributed by atoms with E-state index >= 15 is 0 Å². The molecule has 0 aromatic rings. The van der Waals surface area contributed by atoms with Gasteiger partial charge in [0.05, 0.1) is 0 Å². The van der Waals surface area contributed by atoms with Crippen molar-refractivity contribution in [3.05, 3.63) is 0 Å². The highest BCUT2D eigenvalue weighted by Gasteiger charge is 2.33. The van der Waals surface area contributed by atoms with Gasteiger partial charge in [-0.05, 0) is 40.0 Å². The van der Waals surface area contributed by atoms with Gasteiger partial charge in [0.1, 0.15) is 6.04 Å². The van der Waals surface area contributed by atoms with Crippen LogP contribution in [0.25, 0.3) is 0 Å². The maximum Gasteiger partial charge on any atom is 0.407 e. The Kier molecular flexibility index (Phi) is 3.78. The fourth-order valence-electron chi connectivity index (χ4n) is 1.89. The molecule has 0 bridgehead atoms. The molecule has 2 N–H and O–H groups in total. The van der Waals surface area contributed by atoms with Gasteiger partial charge in [-0.15, -0.1) is 0 Å². The molecule has 1 aliphatic rings. The highest BCUT2D eigenvalue weighted by atomic mass is 16.4. The Hall–Kier alpha value is -1.26. The zero-order valence-corrected chi connectivity index (χ0v) is 10.1. The Morgan fingerprint density at radius 3 is 2.44 bits per heavy atom. The van der Waals surface area contributed by atoms with E-state index in [2.05, 4.69) is 5.32 Å². The number of carboxylic acid groups (broad SMARTS) is 1. The molecule has 1 saturated heterocycles. The quantitative estimate of drug-likeness (QED) is 0.713. The lowest BCUT2D eigenvalue weighted by atomic mass is 10.0. The summed E-state index contributed by atoms with van der Waals surface area (Å²) in [5.74, 6) is -0.186. The van der Waals surface area contributed by atoms with E-state index in [0.29, 0.717) is 13.0 Å². The standard InChI is InChI=1S/C11H20N2O3/c1-11(2,3)12-9(14)8-6-4-5-7-13(8)10(15)16/h8H,4-7H2,1-3H3,(H,12,14)(H,15,16). The molecule has 1 heterocycles. The Bertz CT molecular complexity index is 283. The third kappa shape index (κ3) is 3.40. The van der Waals surface area contributed by atoms with E-state index in [4.69, 9.17) is 5.11 Å². The maximum atomic E-state index is 11.9. The predicted molar refractivity (Wildman–Crippen MR) is 60.3 cm³/mol. The van der Waals surface area contributed by atoms with E-state index in [1.807, 2.05) is 20.8 Å². The van der Waals surface area contributed by atoms with Crippen molar-refractivity contribution in [3.8, 4) is 0 Å². The molecular formula is C11H20N2O3. The molecule has 1 aliphatic heterocycles. The Balaban J connectivity index is 2.68. The van der Waals surface area contributed by atoms with E-state index in [9.17, 15) is 9.59 Å². The van der Waals surface area contributed by atoms with Crippen molar-refractivity contribution < 1.29 is 14.7 Å². The lowest BCUT2D eigenvalue weighted by molar-refractivity contribution is -0.128. The zero-order chi connectivity index (χ0) is 12.3. The van der Waals surface area contributed by atoms with Crippen molar-refractivity contribution in [2.45, 2.75) is 51.6 Å². The Labute approximate surface area is 95.8 Å². The van der Waals surface area contributed by atoms with E-state index in [0.717, 1.165) is 12.8 Å². The van der Waals surface area contributed by atoms with Crippen LogP contribution in [-0.4, -0.2) is 40.1 Å². The summed E-state index contributed by atoms with van der Waals surface area (Å²) < 4.78 is 0. The molecule has 1 fully saturated rings. The predicted octanol–water partition coefficient (Wildman–Crippen LogP) is 1.43. The van der Waals surface area contributed by atoms with Crippen LogP contribution in [0, 0.1) is 0 Å². The van der Waals surface area contributed by atoms with E-state index in [-0.39, 0.29) is 11.4 Å². The molecule has 5 nitrogen and oxygen atoms in total. The molecule has 1 atom stereocenters. The summed E-state index contributed by atoms with van der Waals surface area (Å²) in [4.78, 5) is 24.1. The van der Waals surface area contributed by atoms with Crippen molar-refractivity contribution in [1.29, 1.82) is 0 Å². The van der Waals surface area contributed by atoms with Gasteiger partial charge in [-0.25, -0.2) is 4.79 Å². The second-order valence-electron chi connectivity index (χ2n) is 5.23. The monoisotopic (exact) mass is 228 g/mol. The summed E-state index contributed by atoms with van der Waals surface area (Å²) in [6, 6.07) is -0.523. The van der Waals surface area contributed by atoms with Gasteiger partial charge >= 0.3 is 6.09 Å². The van der Waals surface area contributed by atoms with Gasteiger partial charge in [0, 0.05) is 12.1 Å². The van der Waals surface area contributed by atoms with E-state index in [1.54, 1.807) is 0 Å². The summed E-state index contributed by atoms with van der Waals surface area (Å²) in [5.41, 5.74) is -0.321. The molecule has 0 aromatic heterocycles. The molecule has 0 aromatic carbocycles. The first-order chi connectivity index (χ1) is 7.31.